The summed E-state index contributed by atoms with van der Waals surface area (Å²) in [5.41, 5.74) is 5.20. The standard InChI is InChI=1S/C24H31NO/c1-18-16-17-22-24(25-20-14-10-11-15-21(20)26-22)23(18)19-12-8-6-4-2-3-5-7-9-13-19/h10-11,14-17,19,25H,2-9,12-13H2,1H3. The Balaban J connectivity index is 1.65. The van der Waals surface area contributed by atoms with Gasteiger partial charge in [0.2, 0.25) is 0 Å². The Morgan fingerprint density at radius 1 is 0.769 bits per heavy atom. The minimum absolute atomic E-state index is 0.643. The number of benzene rings is 2. The molecule has 1 aliphatic carbocycles. The average Bonchev–Trinajstić information content (AvgIpc) is 2.72. The fourth-order valence-electron chi connectivity index (χ4n) is 4.63. The van der Waals surface area contributed by atoms with E-state index in [2.05, 4.69) is 36.5 Å². The van der Waals surface area contributed by atoms with E-state index in [0.29, 0.717) is 5.92 Å². The Bertz CT molecular complexity index is 740. The molecular formula is C24H31NO. The predicted octanol–water partition coefficient (Wildman–Crippen LogP) is 7.84. The van der Waals surface area contributed by atoms with Gasteiger partial charge >= 0.3 is 0 Å². The third-order valence-electron chi connectivity index (χ3n) is 6.06. The molecule has 4 rings (SSSR count). The van der Waals surface area contributed by atoms with Gasteiger partial charge in [-0.2, -0.15) is 0 Å². The molecule has 0 spiro atoms. The van der Waals surface area contributed by atoms with E-state index < -0.39 is 0 Å². The fourth-order valence-corrected chi connectivity index (χ4v) is 4.63. The maximum atomic E-state index is 6.22. The molecule has 138 valence electrons. The highest BCUT2D eigenvalue weighted by Gasteiger charge is 2.25. The van der Waals surface area contributed by atoms with Crippen LogP contribution in [0.4, 0.5) is 11.4 Å². The third kappa shape index (κ3) is 3.75. The molecule has 0 radical (unpaired) electrons. The zero-order valence-electron chi connectivity index (χ0n) is 16.0. The summed E-state index contributed by atoms with van der Waals surface area (Å²) < 4.78 is 6.22. The van der Waals surface area contributed by atoms with Gasteiger partial charge in [-0.1, -0.05) is 69.6 Å². The second-order valence-corrected chi connectivity index (χ2v) is 8.00. The van der Waals surface area contributed by atoms with Crippen LogP contribution in [0.3, 0.4) is 0 Å². The first-order valence-corrected chi connectivity index (χ1v) is 10.5. The minimum Gasteiger partial charge on any atom is -0.453 e. The van der Waals surface area contributed by atoms with Gasteiger partial charge in [0.1, 0.15) is 0 Å². The third-order valence-corrected chi connectivity index (χ3v) is 6.06. The molecule has 1 heterocycles. The molecule has 2 heteroatoms. The second-order valence-electron chi connectivity index (χ2n) is 8.00. The van der Waals surface area contributed by atoms with Crippen LogP contribution in [-0.4, -0.2) is 0 Å². The van der Waals surface area contributed by atoms with E-state index in [1.165, 1.54) is 81.0 Å². The lowest BCUT2D eigenvalue weighted by molar-refractivity contribution is 0.474. The molecule has 1 saturated carbocycles. The Morgan fingerprint density at radius 2 is 1.42 bits per heavy atom. The summed E-state index contributed by atoms with van der Waals surface area (Å²) in [7, 11) is 0. The Hall–Kier alpha value is -1.96. The first kappa shape index (κ1) is 17.5. The SMILES string of the molecule is Cc1ccc2c(c1C1CCCCCCCCCC1)Nc1ccccc1O2. The Kier molecular flexibility index (Phi) is 5.48. The fraction of sp³-hybridized carbons (Fsp3) is 0.500. The van der Waals surface area contributed by atoms with Gasteiger partial charge in [-0.25, -0.2) is 0 Å². The summed E-state index contributed by atoms with van der Waals surface area (Å²) in [4.78, 5) is 0. The molecule has 2 aliphatic rings. The number of rotatable bonds is 1. The largest absolute Gasteiger partial charge is 0.453 e. The van der Waals surface area contributed by atoms with Crippen molar-refractivity contribution >= 4 is 11.4 Å². The van der Waals surface area contributed by atoms with E-state index in [4.69, 9.17) is 4.74 Å². The maximum absolute atomic E-state index is 6.22. The summed E-state index contributed by atoms with van der Waals surface area (Å²) in [6, 6.07) is 12.6. The highest BCUT2D eigenvalue weighted by Crippen LogP contribution is 2.48. The number of hydrogen-bond acceptors (Lipinski definition) is 2. The van der Waals surface area contributed by atoms with Crippen molar-refractivity contribution in [2.45, 2.75) is 77.0 Å². The summed E-state index contributed by atoms with van der Waals surface area (Å²) >= 11 is 0. The van der Waals surface area contributed by atoms with Crippen molar-refractivity contribution in [1.82, 2.24) is 0 Å². The second kappa shape index (κ2) is 8.16. The number of aryl methyl sites for hydroxylation is 1. The first-order chi connectivity index (χ1) is 12.8. The molecule has 0 saturated heterocycles. The van der Waals surface area contributed by atoms with Crippen LogP contribution in [0.15, 0.2) is 36.4 Å². The summed E-state index contributed by atoms with van der Waals surface area (Å²) in [6.45, 7) is 2.27. The van der Waals surface area contributed by atoms with E-state index in [0.717, 1.165) is 17.2 Å². The van der Waals surface area contributed by atoms with Gasteiger partial charge in [0.25, 0.3) is 0 Å². The lowest BCUT2D eigenvalue weighted by atomic mass is 9.84. The summed E-state index contributed by atoms with van der Waals surface area (Å²) in [6.07, 6.45) is 13.8. The summed E-state index contributed by atoms with van der Waals surface area (Å²) in [5, 5.41) is 3.70. The van der Waals surface area contributed by atoms with Gasteiger partial charge in [0.15, 0.2) is 11.5 Å². The Morgan fingerprint density at radius 3 is 2.15 bits per heavy atom. The number of hydrogen-bond donors (Lipinski definition) is 1. The lowest BCUT2D eigenvalue weighted by Crippen LogP contribution is -2.10. The number of fused-ring (bicyclic) bond motifs is 2. The highest BCUT2D eigenvalue weighted by atomic mass is 16.5. The molecule has 1 N–H and O–H groups in total. The van der Waals surface area contributed by atoms with Crippen LogP contribution < -0.4 is 10.1 Å². The zero-order valence-corrected chi connectivity index (χ0v) is 16.0. The summed E-state index contributed by atoms with van der Waals surface area (Å²) in [5.74, 6) is 2.56. The van der Waals surface area contributed by atoms with E-state index in [1.807, 2.05) is 12.1 Å². The van der Waals surface area contributed by atoms with E-state index >= 15 is 0 Å². The molecular weight excluding hydrogens is 318 g/mol. The van der Waals surface area contributed by atoms with E-state index in [1.54, 1.807) is 0 Å². The van der Waals surface area contributed by atoms with Gasteiger partial charge in [-0.15, -0.1) is 0 Å². The van der Waals surface area contributed by atoms with Crippen LogP contribution in [-0.2, 0) is 0 Å². The Labute approximate surface area is 158 Å². The van der Waals surface area contributed by atoms with Crippen LogP contribution >= 0.6 is 0 Å². The van der Waals surface area contributed by atoms with Crippen molar-refractivity contribution in [1.29, 1.82) is 0 Å². The van der Waals surface area contributed by atoms with Crippen LogP contribution in [0.2, 0.25) is 0 Å². The average molecular weight is 350 g/mol. The molecule has 2 aromatic carbocycles. The number of ether oxygens (including phenoxy) is 1. The molecule has 0 amide bonds. The molecule has 26 heavy (non-hydrogen) atoms. The lowest BCUT2D eigenvalue weighted by Gasteiger charge is -2.29. The van der Waals surface area contributed by atoms with Crippen molar-refractivity contribution < 1.29 is 4.74 Å². The van der Waals surface area contributed by atoms with Crippen molar-refractivity contribution in [2.24, 2.45) is 0 Å². The van der Waals surface area contributed by atoms with E-state index in [9.17, 15) is 0 Å². The van der Waals surface area contributed by atoms with Gasteiger partial charge in [0, 0.05) is 0 Å². The highest BCUT2D eigenvalue weighted by molar-refractivity contribution is 5.79. The molecule has 0 atom stereocenters. The van der Waals surface area contributed by atoms with Gasteiger partial charge < -0.3 is 10.1 Å². The van der Waals surface area contributed by atoms with Crippen LogP contribution in [0.1, 0.15) is 81.3 Å². The normalized spacial score (nSPS) is 18.7. The quantitative estimate of drug-likeness (QED) is 0.483. The maximum Gasteiger partial charge on any atom is 0.151 e. The van der Waals surface area contributed by atoms with Crippen molar-refractivity contribution in [3.63, 3.8) is 0 Å². The zero-order chi connectivity index (χ0) is 17.8. The molecule has 2 aromatic rings. The van der Waals surface area contributed by atoms with Crippen LogP contribution in [0.25, 0.3) is 0 Å². The minimum atomic E-state index is 0.643. The number of nitrogens with one attached hydrogen (secondary N) is 1. The first-order valence-electron chi connectivity index (χ1n) is 10.5. The molecule has 1 fully saturated rings. The molecule has 0 bridgehead atoms. The van der Waals surface area contributed by atoms with E-state index in [-0.39, 0.29) is 0 Å². The number of anilines is 2. The van der Waals surface area contributed by atoms with Crippen molar-refractivity contribution in [3.05, 3.63) is 47.5 Å². The predicted molar refractivity (Wildman–Crippen MR) is 110 cm³/mol. The number of para-hydroxylation sites is 2. The monoisotopic (exact) mass is 349 g/mol. The smallest absolute Gasteiger partial charge is 0.151 e. The van der Waals surface area contributed by atoms with Crippen LogP contribution in [0, 0.1) is 6.92 Å². The molecule has 0 unspecified atom stereocenters. The van der Waals surface area contributed by atoms with Gasteiger partial charge in [-0.3, -0.25) is 0 Å². The molecule has 2 nitrogen and oxygen atoms in total. The topological polar surface area (TPSA) is 21.3 Å². The van der Waals surface area contributed by atoms with Crippen LogP contribution in [0.5, 0.6) is 11.5 Å². The molecule has 0 aromatic heterocycles. The van der Waals surface area contributed by atoms with Gasteiger partial charge in [0.05, 0.1) is 11.4 Å². The van der Waals surface area contributed by atoms with Crippen molar-refractivity contribution in [2.75, 3.05) is 5.32 Å². The molecule has 1 aliphatic heterocycles. The van der Waals surface area contributed by atoms with Gasteiger partial charge in [-0.05, 0) is 55.0 Å². The van der Waals surface area contributed by atoms with Crippen molar-refractivity contribution in [3.8, 4) is 11.5 Å².